The highest BCUT2D eigenvalue weighted by atomic mass is 16.5. The van der Waals surface area contributed by atoms with E-state index in [9.17, 15) is 5.11 Å². The fourth-order valence-corrected chi connectivity index (χ4v) is 3.46. The number of aliphatic imine (C=N–C) groups is 1. The maximum atomic E-state index is 9.26. The summed E-state index contributed by atoms with van der Waals surface area (Å²) in [5, 5.41) is 9.26. The van der Waals surface area contributed by atoms with Crippen LogP contribution in [-0.4, -0.2) is 29.8 Å². The van der Waals surface area contributed by atoms with Crippen molar-refractivity contribution in [2.75, 3.05) is 13.2 Å². The molecule has 25 heavy (non-hydrogen) atoms. The van der Waals surface area contributed by atoms with Crippen LogP contribution in [0.15, 0.2) is 4.99 Å². The fourth-order valence-electron chi connectivity index (χ4n) is 3.46. The average molecular weight is 354 g/mol. The van der Waals surface area contributed by atoms with E-state index in [0.717, 1.165) is 12.3 Å². The van der Waals surface area contributed by atoms with Gasteiger partial charge in [0.1, 0.15) is 12.1 Å². The normalized spacial score (nSPS) is 19.9. The van der Waals surface area contributed by atoms with Crippen molar-refractivity contribution in [3.05, 3.63) is 0 Å². The van der Waals surface area contributed by atoms with Crippen LogP contribution in [0.25, 0.3) is 0 Å². The van der Waals surface area contributed by atoms with Crippen LogP contribution in [0.1, 0.15) is 117 Å². The van der Waals surface area contributed by atoms with Crippen molar-refractivity contribution in [2.24, 2.45) is 4.99 Å². The van der Waals surface area contributed by atoms with Crippen LogP contribution in [0.5, 0.6) is 0 Å². The van der Waals surface area contributed by atoms with Gasteiger partial charge in [-0.25, -0.2) is 4.99 Å². The van der Waals surface area contributed by atoms with Gasteiger partial charge >= 0.3 is 0 Å². The first kappa shape index (κ1) is 22.5. The van der Waals surface area contributed by atoms with Crippen molar-refractivity contribution in [2.45, 2.75) is 122 Å². The lowest BCUT2D eigenvalue weighted by Gasteiger charge is -2.12. The third-order valence-corrected chi connectivity index (χ3v) is 5.28. The molecule has 1 aliphatic rings. The first-order chi connectivity index (χ1) is 12.2. The first-order valence-corrected chi connectivity index (χ1v) is 11.0. The number of aliphatic hydroxyl groups excluding tert-OH is 1. The van der Waals surface area contributed by atoms with Crippen molar-refractivity contribution < 1.29 is 9.84 Å². The Labute approximate surface area is 156 Å². The van der Waals surface area contributed by atoms with E-state index in [1.54, 1.807) is 0 Å². The van der Waals surface area contributed by atoms with Crippen LogP contribution in [-0.2, 0) is 4.74 Å². The molecule has 0 bridgehead atoms. The van der Waals surface area contributed by atoms with Crippen LogP contribution in [0.4, 0.5) is 0 Å². The maximum absolute atomic E-state index is 9.26. The van der Waals surface area contributed by atoms with Gasteiger partial charge in [0.25, 0.3) is 0 Å². The van der Waals surface area contributed by atoms with E-state index >= 15 is 0 Å². The molecule has 0 aromatic carbocycles. The van der Waals surface area contributed by atoms with Crippen LogP contribution >= 0.6 is 0 Å². The van der Waals surface area contributed by atoms with Crippen molar-refractivity contribution in [3.8, 4) is 0 Å². The number of ether oxygens (including phenoxy) is 1. The highest BCUT2D eigenvalue weighted by molar-refractivity contribution is 5.78. The zero-order chi connectivity index (χ0) is 18.2. The van der Waals surface area contributed by atoms with Gasteiger partial charge in [-0.2, -0.15) is 0 Å². The summed E-state index contributed by atoms with van der Waals surface area (Å²) in [5.74, 6) is 0.853. The number of unbranched alkanes of at least 4 members (excludes halogenated alkanes) is 14. The summed E-state index contributed by atoms with van der Waals surface area (Å²) in [4.78, 5) is 4.49. The van der Waals surface area contributed by atoms with Crippen LogP contribution in [0.2, 0.25) is 0 Å². The third kappa shape index (κ3) is 11.6. The number of hydrogen-bond donors (Lipinski definition) is 1. The van der Waals surface area contributed by atoms with Crippen LogP contribution < -0.4 is 0 Å². The molecule has 0 fully saturated rings. The molecule has 0 spiro atoms. The van der Waals surface area contributed by atoms with Crippen molar-refractivity contribution in [1.29, 1.82) is 0 Å². The Morgan fingerprint density at radius 3 is 1.64 bits per heavy atom. The third-order valence-electron chi connectivity index (χ3n) is 5.28. The van der Waals surface area contributed by atoms with Crippen molar-refractivity contribution in [3.63, 3.8) is 0 Å². The minimum absolute atomic E-state index is 0.0787. The van der Waals surface area contributed by atoms with Gasteiger partial charge in [-0.1, -0.05) is 96.8 Å². The van der Waals surface area contributed by atoms with Gasteiger partial charge in [0.05, 0.1) is 6.61 Å². The van der Waals surface area contributed by atoms with E-state index in [0.29, 0.717) is 6.61 Å². The van der Waals surface area contributed by atoms with Gasteiger partial charge in [-0.15, -0.1) is 0 Å². The summed E-state index contributed by atoms with van der Waals surface area (Å²) in [6.07, 6.45) is 21.8. The lowest BCUT2D eigenvalue weighted by atomic mass is 10.0. The summed E-state index contributed by atoms with van der Waals surface area (Å²) in [7, 11) is 0. The topological polar surface area (TPSA) is 41.8 Å². The van der Waals surface area contributed by atoms with E-state index in [2.05, 4.69) is 11.9 Å². The quantitative estimate of drug-likeness (QED) is 0.306. The number of aliphatic hydroxyl groups is 1. The minimum atomic E-state index is -0.384. The summed E-state index contributed by atoms with van der Waals surface area (Å²) in [5.41, 5.74) is -0.384. The Bertz CT molecular complexity index is 343. The second kappa shape index (κ2) is 14.6. The molecular weight excluding hydrogens is 310 g/mol. The van der Waals surface area contributed by atoms with Crippen LogP contribution in [0.3, 0.4) is 0 Å². The zero-order valence-corrected chi connectivity index (χ0v) is 17.0. The second-order valence-electron chi connectivity index (χ2n) is 8.15. The van der Waals surface area contributed by atoms with E-state index in [-0.39, 0.29) is 12.1 Å². The lowest BCUT2D eigenvalue weighted by Crippen LogP contribution is -2.28. The molecule has 0 saturated heterocycles. The average Bonchev–Trinajstić information content (AvgIpc) is 3.00. The van der Waals surface area contributed by atoms with Gasteiger partial charge < -0.3 is 9.84 Å². The monoisotopic (exact) mass is 353 g/mol. The van der Waals surface area contributed by atoms with Gasteiger partial charge in [0.15, 0.2) is 5.90 Å². The van der Waals surface area contributed by atoms with Gasteiger partial charge in [-0.3, -0.25) is 0 Å². The molecule has 1 heterocycles. The molecule has 1 aliphatic heterocycles. The van der Waals surface area contributed by atoms with Crippen molar-refractivity contribution in [1.82, 2.24) is 0 Å². The Morgan fingerprint density at radius 1 is 0.800 bits per heavy atom. The SMILES string of the molecule is CCCCCCCCCCCCCCCCCC1=N[C@@](C)(CO)CO1. The molecule has 3 heteroatoms. The van der Waals surface area contributed by atoms with E-state index in [1.807, 2.05) is 6.92 Å². The molecule has 0 aromatic heterocycles. The second-order valence-corrected chi connectivity index (χ2v) is 8.15. The molecule has 0 radical (unpaired) electrons. The lowest BCUT2D eigenvalue weighted by molar-refractivity contribution is 0.169. The van der Waals surface area contributed by atoms with E-state index < -0.39 is 0 Å². The Kier molecular flexibility index (Phi) is 13.1. The van der Waals surface area contributed by atoms with Gasteiger partial charge in [0.2, 0.25) is 0 Å². The maximum Gasteiger partial charge on any atom is 0.184 e. The van der Waals surface area contributed by atoms with E-state index in [4.69, 9.17) is 4.74 Å². The Morgan fingerprint density at radius 2 is 1.24 bits per heavy atom. The van der Waals surface area contributed by atoms with Gasteiger partial charge in [-0.05, 0) is 13.3 Å². The number of rotatable bonds is 17. The predicted octanol–water partition coefficient (Wildman–Crippen LogP) is 6.43. The van der Waals surface area contributed by atoms with Crippen molar-refractivity contribution >= 4 is 5.90 Å². The van der Waals surface area contributed by atoms with Crippen LogP contribution in [0, 0.1) is 0 Å². The number of nitrogens with zero attached hydrogens (tertiary/aromatic N) is 1. The summed E-state index contributed by atoms with van der Waals surface area (Å²) in [6.45, 7) is 4.85. The molecule has 3 nitrogen and oxygen atoms in total. The fraction of sp³-hybridized carbons (Fsp3) is 0.955. The number of hydrogen-bond acceptors (Lipinski definition) is 3. The summed E-state index contributed by atoms with van der Waals surface area (Å²) in [6, 6.07) is 0. The smallest absolute Gasteiger partial charge is 0.184 e. The minimum Gasteiger partial charge on any atom is -0.478 e. The first-order valence-electron chi connectivity index (χ1n) is 11.0. The molecular formula is C22H43NO2. The molecule has 1 atom stereocenters. The Balaban J connectivity index is 1.77. The molecule has 0 amide bonds. The largest absolute Gasteiger partial charge is 0.478 e. The summed E-state index contributed by atoms with van der Waals surface area (Å²) >= 11 is 0. The van der Waals surface area contributed by atoms with E-state index in [1.165, 1.54) is 96.3 Å². The zero-order valence-electron chi connectivity index (χ0n) is 17.0. The highest BCUT2D eigenvalue weighted by Crippen LogP contribution is 2.20. The molecule has 148 valence electrons. The van der Waals surface area contributed by atoms with Gasteiger partial charge in [0, 0.05) is 6.42 Å². The summed E-state index contributed by atoms with van der Waals surface area (Å²) < 4.78 is 5.57. The Hall–Kier alpha value is -0.570. The molecule has 0 saturated carbocycles. The predicted molar refractivity (Wildman–Crippen MR) is 108 cm³/mol. The molecule has 1 rings (SSSR count). The highest BCUT2D eigenvalue weighted by Gasteiger charge is 2.30. The molecule has 1 N–H and O–H groups in total. The standard InChI is InChI=1S/C22H43NO2/c1-3-4-5-6-7-8-9-10-11-12-13-14-15-16-17-18-21-23-22(2,19-24)20-25-21/h24H,3-20H2,1-2H3/t22-/m0/s1. The molecule has 0 aliphatic carbocycles. The molecule has 0 unspecified atom stereocenters. The molecule has 0 aromatic rings.